The summed E-state index contributed by atoms with van der Waals surface area (Å²) in [4.78, 5) is 0. The van der Waals surface area contributed by atoms with Gasteiger partial charge in [0, 0.05) is 22.8 Å². The molecule has 0 radical (unpaired) electrons. The minimum absolute atomic E-state index is 0.217. The summed E-state index contributed by atoms with van der Waals surface area (Å²) in [6, 6.07) is 34.6. The van der Waals surface area contributed by atoms with Crippen molar-refractivity contribution in [3.8, 4) is 11.1 Å². The van der Waals surface area contributed by atoms with E-state index in [4.69, 9.17) is 0 Å². The molecule has 1 heteroatoms. The highest BCUT2D eigenvalue weighted by atomic mass is 15.0. The van der Waals surface area contributed by atoms with Crippen LogP contribution in [-0.4, -0.2) is 4.57 Å². The van der Waals surface area contributed by atoms with Crippen LogP contribution in [0.3, 0.4) is 0 Å². The SMILES string of the molecule is CC1(C)CCC(C)(C)c2cc3c(cc21)Cc1cc2c(cc1-3)c1c3ccccc3ccc1n2Cc1ccccc1. The van der Waals surface area contributed by atoms with Crippen molar-refractivity contribution in [3.05, 3.63) is 119 Å². The zero-order chi connectivity index (χ0) is 26.5. The Bertz CT molecular complexity index is 1950. The van der Waals surface area contributed by atoms with E-state index in [9.17, 15) is 0 Å². The molecule has 5 aromatic carbocycles. The second-order valence-electron chi connectivity index (χ2n) is 13.3. The van der Waals surface area contributed by atoms with E-state index < -0.39 is 0 Å². The van der Waals surface area contributed by atoms with E-state index in [2.05, 4.69) is 123 Å². The minimum Gasteiger partial charge on any atom is -0.336 e. The Morgan fingerprint density at radius 3 is 2.08 bits per heavy atom. The molecule has 1 heterocycles. The summed E-state index contributed by atoms with van der Waals surface area (Å²) in [6.45, 7) is 10.6. The minimum atomic E-state index is 0.217. The largest absolute Gasteiger partial charge is 0.336 e. The van der Waals surface area contributed by atoms with Gasteiger partial charge in [-0.15, -0.1) is 0 Å². The maximum atomic E-state index is 2.57. The maximum Gasteiger partial charge on any atom is 0.0501 e. The first-order valence-corrected chi connectivity index (χ1v) is 14.5. The molecule has 0 bridgehead atoms. The first kappa shape index (κ1) is 23.1. The molecule has 0 spiro atoms. The fourth-order valence-corrected chi connectivity index (χ4v) is 7.55. The summed E-state index contributed by atoms with van der Waals surface area (Å²) in [5.41, 5.74) is 13.5. The third-order valence-corrected chi connectivity index (χ3v) is 9.91. The Morgan fingerprint density at radius 1 is 0.615 bits per heavy atom. The van der Waals surface area contributed by atoms with Gasteiger partial charge >= 0.3 is 0 Å². The standard InChI is InChI=1S/C38H35N/c1-37(2)16-17-38(3,4)33-22-30-26(19-32(33)37)18-27-20-35-31(21-29(27)30)36-28-13-9-8-12-25(28)14-15-34(36)39(35)23-24-10-6-5-7-11-24/h5-15,19-22H,16-18,23H2,1-4H3. The van der Waals surface area contributed by atoms with Crippen molar-refractivity contribution in [2.24, 2.45) is 0 Å². The van der Waals surface area contributed by atoms with Gasteiger partial charge in [0.2, 0.25) is 0 Å². The van der Waals surface area contributed by atoms with Gasteiger partial charge in [0.1, 0.15) is 0 Å². The number of rotatable bonds is 2. The van der Waals surface area contributed by atoms with E-state index in [1.165, 1.54) is 73.2 Å². The smallest absolute Gasteiger partial charge is 0.0501 e. The second-order valence-corrected chi connectivity index (χ2v) is 13.3. The molecule has 8 rings (SSSR count). The molecular weight excluding hydrogens is 470 g/mol. The van der Waals surface area contributed by atoms with Crippen LogP contribution >= 0.6 is 0 Å². The van der Waals surface area contributed by atoms with Gasteiger partial charge in [0.15, 0.2) is 0 Å². The lowest BCUT2D eigenvalue weighted by Gasteiger charge is -2.42. The summed E-state index contributed by atoms with van der Waals surface area (Å²) < 4.78 is 2.55. The fourth-order valence-electron chi connectivity index (χ4n) is 7.55. The van der Waals surface area contributed by atoms with Crippen molar-refractivity contribution >= 4 is 32.6 Å². The van der Waals surface area contributed by atoms with Gasteiger partial charge in [-0.1, -0.05) is 100 Å². The molecule has 0 aliphatic heterocycles. The van der Waals surface area contributed by atoms with Gasteiger partial charge in [-0.25, -0.2) is 0 Å². The highest BCUT2D eigenvalue weighted by Crippen LogP contribution is 2.51. The molecule has 0 saturated heterocycles. The number of benzene rings is 5. The predicted molar refractivity (Wildman–Crippen MR) is 166 cm³/mol. The van der Waals surface area contributed by atoms with E-state index in [0.717, 1.165) is 13.0 Å². The van der Waals surface area contributed by atoms with Gasteiger partial charge in [0.05, 0.1) is 5.52 Å². The van der Waals surface area contributed by atoms with E-state index in [0.29, 0.717) is 0 Å². The fraction of sp³-hybridized carbons (Fsp3) is 0.263. The van der Waals surface area contributed by atoms with Crippen LogP contribution in [0.4, 0.5) is 0 Å². The zero-order valence-electron chi connectivity index (χ0n) is 23.4. The van der Waals surface area contributed by atoms with Gasteiger partial charge in [-0.2, -0.15) is 0 Å². The van der Waals surface area contributed by atoms with E-state index in [1.807, 2.05) is 0 Å². The van der Waals surface area contributed by atoms with Crippen molar-refractivity contribution in [1.82, 2.24) is 4.57 Å². The molecule has 1 nitrogen and oxygen atoms in total. The Hall–Kier alpha value is -3.84. The number of aromatic nitrogens is 1. The van der Waals surface area contributed by atoms with Crippen LogP contribution < -0.4 is 0 Å². The van der Waals surface area contributed by atoms with Crippen molar-refractivity contribution < 1.29 is 0 Å². The first-order valence-electron chi connectivity index (χ1n) is 14.5. The third-order valence-electron chi connectivity index (χ3n) is 9.91. The van der Waals surface area contributed by atoms with Crippen molar-refractivity contribution in [3.63, 3.8) is 0 Å². The molecular formula is C38H35N. The summed E-state index contributed by atoms with van der Waals surface area (Å²) >= 11 is 0. The molecule has 0 unspecified atom stereocenters. The lowest BCUT2D eigenvalue weighted by Crippen LogP contribution is -2.34. The normalized spacial score (nSPS) is 16.9. The third kappa shape index (κ3) is 3.32. The average molecular weight is 506 g/mol. The van der Waals surface area contributed by atoms with E-state index in [1.54, 1.807) is 11.1 Å². The van der Waals surface area contributed by atoms with Crippen LogP contribution in [0, 0.1) is 0 Å². The number of hydrogen-bond donors (Lipinski definition) is 0. The van der Waals surface area contributed by atoms with Crippen molar-refractivity contribution in [1.29, 1.82) is 0 Å². The van der Waals surface area contributed by atoms with Gasteiger partial charge in [-0.05, 0) is 98.0 Å². The lowest BCUT2D eigenvalue weighted by atomic mass is 9.62. The molecule has 1 aromatic heterocycles. The molecule has 192 valence electrons. The Kier molecular flexibility index (Phi) is 4.65. The second kappa shape index (κ2) is 7.85. The molecule has 0 N–H and O–H groups in total. The molecule has 2 aliphatic rings. The molecule has 0 fully saturated rings. The van der Waals surface area contributed by atoms with Crippen LogP contribution in [0.25, 0.3) is 43.7 Å². The Balaban J connectivity index is 1.42. The van der Waals surface area contributed by atoms with Gasteiger partial charge in [-0.3, -0.25) is 0 Å². The lowest BCUT2D eigenvalue weighted by molar-refractivity contribution is 0.332. The molecule has 6 aromatic rings. The van der Waals surface area contributed by atoms with Crippen LogP contribution in [0.2, 0.25) is 0 Å². The number of nitrogens with zero attached hydrogens (tertiary/aromatic N) is 1. The van der Waals surface area contributed by atoms with Crippen molar-refractivity contribution in [2.75, 3.05) is 0 Å². The molecule has 39 heavy (non-hydrogen) atoms. The summed E-state index contributed by atoms with van der Waals surface area (Å²) in [6.07, 6.45) is 3.53. The summed E-state index contributed by atoms with van der Waals surface area (Å²) in [5.74, 6) is 0. The quantitative estimate of drug-likeness (QED) is 0.220. The summed E-state index contributed by atoms with van der Waals surface area (Å²) in [7, 11) is 0. The Labute approximate surface area is 231 Å². The monoisotopic (exact) mass is 505 g/mol. The number of hydrogen-bond acceptors (Lipinski definition) is 0. The summed E-state index contributed by atoms with van der Waals surface area (Å²) in [5, 5.41) is 5.41. The van der Waals surface area contributed by atoms with E-state index in [-0.39, 0.29) is 10.8 Å². The predicted octanol–water partition coefficient (Wildman–Crippen LogP) is 9.92. The van der Waals surface area contributed by atoms with E-state index >= 15 is 0 Å². The van der Waals surface area contributed by atoms with Gasteiger partial charge < -0.3 is 4.57 Å². The average Bonchev–Trinajstić information content (AvgIpc) is 3.44. The number of fused-ring (bicyclic) bond motifs is 9. The van der Waals surface area contributed by atoms with Crippen LogP contribution in [-0.2, 0) is 23.8 Å². The highest BCUT2D eigenvalue weighted by molar-refractivity contribution is 6.21. The first-order chi connectivity index (χ1) is 18.8. The van der Waals surface area contributed by atoms with Gasteiger partial charge in [0.25, 0.3) is 0 Å². The van der Waals surface area contributed by atoms with Crippen molar-refractivity contribution in [2.45, 2.75) is 64.3 Å². The Morgan fingerprint density at radius 2 is 1.28 bits per heavy atom. The molecule has 2 aliphatic carbocycles. The van der Waals surface area contributed by atoms with Crippen LogP contribution in [0.1, 0.15) is 68.4 Å². The molecule has 0 saturated carbocycles. The highest BCUT2D eigenvalue weighted by Gasteiger charge is 2.38. The van der Waals surface area contributed by atoms with Crippen LogP contribution in [0.15, 0.2) is 91.0 Å². The topological polar surface area (TPSA) is 4.93 Å². The molecule has 0 amide bonds. The molecule has 0 atom stereocenters. The zero-order valence-corrected chi connectivity index (χ0v) is 23.4. The van der Waals surface area contributed by atoms with Crippen LogP contribution in [0.5, 0.6) is 0 Å². The maximum absolute atomic E-state index is 2.57.